The number of aliphatic hydroxyl groups is 1. The van der Waals surface area contributed by atoms with Gasteiger partial charge in [-0.25, -0.2) is 0 Å². The zero-order valence-electron chi connectivity index (χ0n) is 16.9. The Labute approximate surface area is 177 Å². The molecule has 7 nitrogen and oxygen atoms in total. The van der Waals surface area contributed by atoms with Gasteiger partial charge in [-0.3, -0.25) is 14.4 Å². The third-order valence-electron chi connectivity index (χ3n) is 6.03. The molecule has 0 radical (unpaired) electrons. The van der Waals surface area contributed by atoms with Gasteiger partial charge in [0.15, 0.2) is 11.0 Å². The fourth-order valence-corrected chi connectivity index (χ4v) is 4.82. The van der Waals surface area contributed by atoms with Gasteiger partial charge in [0.2, 0.25) is 5.76 Å². The molecule has 5 rings (SSSR count). The van der Waals surface area contributed by atoms with E-state index in [0.717, 1.165) is 5.56 Å². The monoisotopic (exact) mass is 416 g/mol. The largest absolute Gasteiger partial charge is 0.450 e. The number of hydrogen-bond donors (Lipinski definition) is 1. The van der Waals surface area contributed by atoms with Crippen molar-refractivity contribution in [2.24, 2.45) is 0 Å². The summed E-state index contributed by atoms with van der Waals surface area (Å²) in [5.74, 6) is -1.18. The maximum atomic E-state index is 13.9. The van der Waals surface area contributed by atoms with Gasteiger partial charge in [0, 0.05) is 18.7 Å². The molecule has 0 aliphatic carbocycles. The topological polar surface area (TPSA) is 91.1 Å². The highest BCUT2D eigenvalue weighted by Gasteiger charge is 2.64. The van der Waals surface area contributed by atoms with Crippen molar-refractivity contribution in [2.75, 3.05) is 24.6 Å². The van der Waals surface area contributed by atoms with Crippen molar-refractivity contribution in [3.63, 3.8) is 0 Å². The molecular weight excluding hydrogens is 396 g/mol. The normalized spacial score (nSPS) is 19.4. The number of carbonyl (C=O) groups excluding carboxylic acids is 2. The average Bonchev–Trinajstić information content (AvgIpc) is 3.15. The van der Waals surface area contributed by atoms with Crippen LogP contribution < -0.4 is 10.3 Å². The van der Waals surface area contributed by atoms with Crippen LogP contribution in [0.15, 0.2) is 64.3 Å². The Bertz CT molecular complexity index is 1340. The molecule has 3 heterocycles. The number of para-hydroxylation sites is 1. The molecule has 1 N–H and O–H groups in total. The summed E-state index contributed by atoms with van der Waals surface area (Å²) in [5, 5.41) is 10.0. The average molecular weight is 416 g/mol. The van der Waals surface area contributed by atoms with Crippen LogP contribution in [-0.4, -0.2) is 41.5 Å². The first-order valence-electron chi connectivity index (χ1n) is 10.00. The number of fused-ring (bicyclic) bond motifs is 5. The van der Waals surface area contributed by atoms with Gasteiger partial charge in [-0.15, -0.1) is 6.58 Å². The van der Waals surface area contributed by atoms with Crippen LogP contribution in [0.4, 0.5) is 5.69 Å². The molecule has 2 aliphatic heterocycles. The van der Waals surface area contributed by atoms with Crippen LogP contribution in [-0.2, 0) is 10.3 Å². The van der Waals surface area contributed by atoms with Gasteiger partial charge in [0.25, 0.3) is 11.8 Å². The zero-order chi connectivity index (χ0) is 21.9. The summed E-state index contributed by atoms with van der Waals surface area (Å²) in [7, 11) is 0. The lowest BCUT2D eigenvalue weighted by Gasteiger charge is -2.33. The Morgan fingerprint density at radius 3 is 2.68 bits per heavy atom. The summed E-state index contributed by atoms with van der Waals surface area (Å²) in [5.41, 5.74) is 0.154. The van der Waals surface area contributed by atoms with Crippen LogP contribution in [0.2, 0.25) is 0 Å². The second-order valence-corrected chi connectivity index (χ2v) is 7.75. The third-order valence-corrected chi connectivity index (χ3v) is 6.03. The number of benzene rings is 2. The third kappa shape index (κ3) is 2.29. The highest BCUT2D eigenvalue weighted by molar-refractivity contribution is 6.17. The minimum atomic E-state index is -1.69. The Morgan fingerprint density at radius 1 is 1.16 bits per heavy atom. The molecule has 1 spiro atoms. The van der Waals surface area contributed by atoms with Crippen molar-refractivity contribution >= 4 is 28.5 Å². The smallest absolute Gasteiger partial charge is 0.291 e. The fourth-order valence-electron chi connectivity index (χ4n) is 4.82. The van der Waals surface area contributed by atoms with Crippen LogP contribution in [0.5, 0.6) is 0 Å². The van der Waals surface area contributed by atoms with Crippen molar-refractivity contribution in [2.45, 2.75) is 12.5 Å². The molecule has 0 saturated carbocycles. The predicted molar refractivity (Wildman–Crippen MR) is 115 cm³/mol. The van der Waals surface area contributed by atoms with Gasteiger partial charge in [-0.2, -0.15) is 0 Å². The molecule has 2 amide bonds. The molecule has 2 aliphatic rings. The van der Waals surface area contributed by atoms with E-state index in [2.05, 4.69) is 6.58 Å². The number of rotatable bonds is 4. The van der Waals surface area contributed by atoms with Crippen molar-refractivity contribution in [3.05, 3.63) is 87.8 Å². The second-order valence-electron chi connectivity index (χ2n) is 7.75. The van der Waals surface area contributed by atoms with E-state index in [1.54, 1.807) is 48.5 Å². The van der Waals surface area contributed by atoms with Gasteiger partial charge in [0.1, 0.15) is 5.58 Å². The number of amides is 2. The summed E-state index contributed by atoms with van der Waals surface area (Å²) in [6.45, 7) is 5.31. The second kappa shape index (κ2) is 6.65. The molecule has 1 aromatic heterocycles. The maximum Gasteiger partial charge on any atom is 0.291 e. The van der Waals surface area contributed by atoms with Gasteiger partial charge < -0.3 is 19.3 Å². The first kappa shape index (κ1) is 19.3. The Hall–Kier alpha value is -3.71. The number of nitrogens with zero attached hydrogens (tertiary/aromatic N) is 2. The highest BCUT2D eigenvalue weighted by atomic mass is 16.3. The van der Waals surface area contributed by atoms with Crippen molar-refractivity contribution in [3.8, 4) is 0 Å². The van der Waals surface area contributed by atoms with Crippen LogP contribution >= 0.6 is 0 Å². The van der Waals surface area contributed by atoms with Gasteiger partial charge in [0.05, 0.1) is 23.2 Å². The lowest BCUT2D eigenvalue weighted by atomic mass is 9.84. The maximum absolute atomic E-state index is 13.9. The molecule has 1 atom stereocenters. The number of aliphatic hydroxyl groups excluding tert-OH is 1. The van der Waals surface area contributed by atoms with E-state index in [9.17, 15) is 19.5 Å². The minimum absolute atomic E-state index is 0.00747. The number of β-amino-alcohol motifs (C(OH)–C–C–N with tert-alkyl or cyclic N) is 1. The van der Waals surface area contributed by atoms with Crippen LogP contribution in [0, 0.1) is 6.92 Å². The standard InChI is InChI=1S/C24H20N2O5/c1-3-10-25-17-7-5-4-6-16(17)24(23(25)30)19-20(28)15-13-14(2)8-9-18(15)31-21(19)22(29)26(24)11-12-27/h3-9,13,27H,1,10-12H2,2H3/t24-/m1/s1. The van der Waals surface area contributed by atoms with Crippen molar-refractivity contribution in [1.82, 2.24) is 4.90 Å². The van der Waals surface area contributed by atoms with E-state index in [-0.39, 0.29) is 36.6 Å². The van der Waals surface area contributed by atoms with Crippen LogP contribution in [0.3, 0.4) is 0 Å². The lowest BCUT2D eigenvalue weighted by molar-refractivity contribution is -0.126. The Kier molecular flexibility index (Phi) is 4.13. The first-order valence-corrected chi connectivity index (χ1v) is 10.00. The number of hydrogen-bond acceptors (Lipinski definition) is 5. The summed E-state index contributed by atoms with van der Waals surface area (Å²) < 4.78 is 5.91. The van der Waals surface area contributed by atoms with Crippen molar-refractivity contribution in [1.29, 1.82) is 0 Å². The molecule has 7 heteroatoms. The minimum Gasteiger partial charge on any atom is -0.450 e. The van der Waals surface area contributed by atoms with E-state index in [1.165, 1.54) is 9.80 Å². The highest BCUT2D eigenvalue weighted by Crippen LogP contribution is 2.52. The Balaban J connectivity index is 1.94. The number of anilines is 1. The van der Waals surface area contributed by atoms with E-state index in [0.29, 0.717) is 16.6 Å². The summed E-state index contributed by atoms with van der Waals surface area (Å²) in [6.07, 6.45) is 1.59. The molecule has 0 saturated heterocycles. The number of carbonyl (C=O) groups is 2. The SMILES string of the molecule is C=CCN1C(=O)[C@@]2(c3ccccc31)c1c(oc3ccc(C)cc3c1=O)C(=O)N2CCO. The molecule has 156 valence electrons. The fraction of sp³-hybridized carbons (Fsp3) is 0.208. The molecule has 31 heavy (non-hydrogen) atoms. The van der Waals surface area contributed by atoms with Crippen LogP contribution in [0.1, 0.15) is 27.2 Å². The molecule has 0 bridgehead atoms. The first-order chi connectivity index (χ1) is 15.0. The zero-order valence-corrected chi connectivity index (χ0v) is 16.9. The summed E-state index contributed by atoms with van der Waals surface area (Å²) >= 11 is 0. The quantitative estimate of drug-likeness (QED) is 0.659. The molecule has 2 aromatic carbocycles. The van der Waals surface area contributed by atoms with Gasteiger partial charge >= 0.3 is 0 Å². The number of aryl methyl sites for hydroxylation is 1. The van der Waals surface area contributed by atoms with Gasteiger partial charge in [-0.1, -0.05) is 35.9 Å². The van der Waals surface area contributed by atoms with Crippen LogP contribution in [0.25, 0.3) is 11.0 Å². The van der Waals surface area contributed by atoms with Crippen molar-refractivity contribution < 1.29 is 19.1 Å². The summed E-state index contributed by atoms with van der Waals surface area (Å²) in [6, 6.07) is 12.2. The predicted octanol–water partition coefficient (Wildman–Crippen LogP) is 2.33. The van der Waals surface area contributed by atoms with Gasteiger partial charge in [-0.05, 0) is 25.1 Å². The Morgan fingerprint density at radius 2 is 1.94 bits per heavy atom. The van der Waals surface area contributed by atoms with E-state index in [4.69, 9.17) is 4.42 Å². The van der Waals surface area contributed by atoms with E-state index < -0.39 is 22.8 Å². The summed E-state index contributed by atoms with van der Waals surface area (Å²) in [4.78, 5) is 43.9. The van der Waals surface area contributed by atoms with E-state index >= 15 is 0 Å². The molecular formula is C24H20N2O5. The molecule has 0 unspecified atom stereocenters. The lowest BCUT2D eigenvalue weighted by Crippen LogP contribution is -2.54. The molecule has 0 fully saturated rings. The van der Waals surface area contributed by atoms with E-state index in [1.807, 2.05) is 6.92 Å². The molecule has 3 aromatic rings.